The van der Waals surface area contributed by atoms with Crippen LogP contribution in [-0.2, 0) is 12.8 Å². The Balaban J connectivity index is 1.71. The minimum absolute atomic E-state index is 0.0586. The Morgan fingerprint density at radius 3 is 2.72 bits per heavy atom. The number of H-pyrrole nitrogens is 1. The summed E-state index contributed by atoms with van der Waals surface area (Å²) in [6, 6.07) is 9.24. The lowest BCUT2D eigenvalue weighted by atomic mass is 10.1. The number of aliphatic hydroxyl groups is 1. The number of rotatable bonds is 6. The van der Waals surface area contributed by atoms with Crippen LogP contribution in [0.5, 0.6) is 0 Å². The molecular formula is C18H16FN3O3. The van der Waals surface area contributed by atoms with Crippen molar-refractivity contribution >= 4 is 11.5 Å². The van der Waals surface area contributed by atoms with Gasteiger partial charge in [-0.2, -0.15) is 5.10 Å². The van der Waals surface area contributed by atoms with Gasteiger partial charge in [-0.15, -0.1) is 0 Å². The van der Waals surface area contributed by atoms with E-state index in [2.05, 4.69) is 15.2 Å². The molecule has 2 N–H and O–H groups in total. The van der Waals surface area contributed by atoms with Gasteiger partial charge in [0.15, 0.2) is 11.5 Å². The zero-order valence-corrected chi connectivity index (χ0v) is 13.5. The van der Waals surface area contributed by atoms with Gasteiger partial charge in [-0.3, -0.25) is 9.89 Å². The molecule has 2 aromatic heterocycles. The SMILES string of the molecule is CCc1nc(/C(O)=C/C(=O)c2ccc(Cc3ccc(F)cc3)o2)n[nH]1. The second kappa shape index (κ2) is 7.12. The van der Waals surface area contributed by atoms with Crippen LogP contribution in [0.3, 0.4) is 0 Å². The molecular weight excluding hydrogens is 325 g/mol. The molecule has 0 saturated heterocycles. The van der Waals surface area contributed by atoms with Crippen LogP contribution in [-0.4, -0.2) is 26.1 Å². The Labute approximate surface area is 143 Å². The van der Waals surface area contributed by atoms with Crippen molar-refractivity contribution in [1.82, 2.24) is 15.2 Å². The van der Waals surface area contributed by atoms with E-state index >= 15 is 0 Å². The monoisotopic (exact) mass is 341 g/mol. The molecule has 3 rings (SSSR count). The lowest BCUT2D eigenvalue weighted by molar-refractivity contribution is 0.101. The molecule has 0 aliphatic carbocycles. The number of ketones is 1. The molecule has 128 valence electrons. The summed E-state index contributed by atoms with van der Waals surface area (Å²) in [7, 11) is 0. The lowest BCUT2D eigenvalue weighted by Gasteiger charge is -1.98. The van der Waals surface area contributed by atoms with Gasteiger partial charge >= 0.3 is 0 Å². The van der Waals surface area contributed by atoms with E-state index in [1.165, 1.54) is 18.2 Å². The van der Waals surface area contributed by atoms with Crippen LogP contribution in [0.4, 0.5) is 4.39 Å². The molecule has 0 unspecified atom stereocenters. The first-order valence-electron chi connectivity index (χ1n) is 7.75. The first-order valence-corrected chi connectivity index (χ1v) is 7.75. The summed E-state index contributed by atoms with van der Waals surface area (Å²) in [6.07, 6.45) is 2.09. The van der Waals surface area contributed by atoms with Gasteiger partial charge in [0.1, 0.15) is 17.4 Å². The maximum atomic E-state index is 12.9. The van der Waals surface area contributed by atoms with E-state index < -0.39 is 5.78 Å². The molecule has 6 nitrogen and oxygen atoms in total. The number of carbonyl (C=O) groups excluding carboxylic acids is 1. The normalized spacial score (nSPS) is 11.7. The van der Waals surface area contributed by atoms with Crippen LogP contribution in [0.1, 0.15) is 40.5 Å². The van der Waals surface area contributed by atoms with Crippen molar-refractivity contribution in [2.75, 3.05) is 0 Å². The van der Waals surface area contributed by atoms with E-state index in [0.29, 0.717) is 24.4 Å². The molecule has 2 heterocycles. The zero-order chi connectivity index (χ0) is 17.8. The number of aromatic amines is 1. The number of carbonyl (C=O) groups is 1. The quantitative estimate of drug-likeness (QED) is 0.407. The zero-order valence-electron chi connectivity index (χ0n) is 13.5. The number of allylic oxidation sites excluding steroid dienone is 1. The number of benzene rings is 1. The van der Waals surface area contributed by atoms with Crippen LogP contribution in [0.25, 0.3) is 5.76 Å². The van der Waals surface area contributed by atoms with Crippen molar-refractivity contribution < 1.29 is 18.7 Å². The Morgan fingerprint density at radius 1 is 1.28 bits per heavy atom. The number of halogens is 1. The third-order valence-corrected chi connectivity index (χ3v) is 3.56. The number of nitrogens with one attached hydrogen (secondary N) is 1. The molecule has 0 radical (unpaired) electrons. The summed E-state index contributed by atoms with van der Waals surface area (Å²) in [5.41, 5.74) is 0.862. The topological polar surface area (TPSA) is 92.0 Å². The summed E-state index contributed by atoms with van der Waals surface area (Å²) >= 11 is 0. The Hall–Kier alpha value is -3.22. The van der Waals surface area contributed by atoms with E-state index in [9.17, 15) is 14.3 Å². The number of furan rings is 1. The lowest BCUT2D eigenvalue weighted by Crippen LogP contribution is -1.96. The van der Waals surface area contributed by atoms with Crippen molar-refractivity contribution in [1.29, 1.82) is 0 Å². The van der Waals surface area contributed by atoms with Gasteiger partial charge in [-0.25, -0.2) is 9.37 Å². The fourth-order valence-corrected chi connectivity index (χ4v) is 2.24. The molecule has 0 aliphatic rings. The largest absolute Gasteiger partial charge is 0.504 e. The molecule has 0 aliphatic heterocycles. The van der Waals surface area contributed by atoms with Gasteiger partial charge in [0.2, 0.25) is 11.6 Å². The van der Waals surface area contributed by atoms with Gasteiger partial charge in [-0.1, -0.05) is 19.1 Å². The van der Waals surface area contributed by atoms with Gasteiger partial charge in [0.05, 0.1) is 0 Å². The van der Waals surface area contributed by atoms with E-state index in [-0.39, 0.29) is 23.2 Å². The number of aryl methyl sites for hydroxylation is 1. The average Bonchev–Trinajstić information content (AvgIpc) is 3.26. The standard InChI is InChI=1S/C18H16FN3O3/c1-2-17-20-18(22-21-17)15(24)10-14(23)16-8-7-13(25-16)9-11-3-5-12(19)6-4-11/h3-8,10,24H,2,9H2,1H3,(H,20,21,22)/b15-10-. The van der Waals surface area contributed by atoms with Gasteiger partial charge in [-0.05, 0) is 29.8 Å². The fourth-order valence-electron chi connectivity index (χ4n) is 2.24. The molecule has 0 amide bonds. The number of hydrogen-bond acceptors (Lipinski definition) is 5. The highest BCUT2D eigenvalue weighted by Gasteiger charge is 2.13. The van der Waals surface area contributed by atoms with Crippen molar-refractivity contribution in [2.24, 2.45) is 0 Å². The summed E-state index contributed by atoms with van der Waals surface area (Å²) in [6.45, 7) is 1.89. The predicted octanol–water partition coefficient (Wildman–Crippen LogP) is 3.47. The number of hydrogen-bond donors (Lipinski definition) is 2. The Morgan fingerprint density at radius 2 is 2.04 bits per heavy atom. The molecule has 0 fully saturated rings. The molecule has 0 bridgehead atoms. The number of aromatic nitrogens is 3. The first kappa shape index (κ1) is 16.6. The van der Waals surface area contributed by atoms with Crippen LogP contribution in [0.15, 0.2) is 46.9 Å². The Bertz CT molecular complexity index is 910. The molecule has 7 heteroatoms. The van der Waals surface area contributed by atoms with Crippen LogP contribution >= 0.6 is 0 Å². The highest BCUT2D eigenvalue weighted by Crippen LogP contribution is 2.16. The molecule has 1 aromatic carbocycles. The van der Waals surface area contributed by atoms with E-state index in [0.717, 1.165) is 11.6 Å². The van der Waals surface area contributed by atoms with Gasteiger partial charge in [0.25, 0.3) is 0 Å². The summed E-state index contributed by atoms with van der Waals surface area (Å²) < 4.78 is 18.4. The third-order valence-electron chi connectivity index (χ3n) is 3.56. The molecule has 0 saturated carbocycles. The van der Waals surface area contributed by atoms with Gasteiger partial charge < -0.3 is 9.52 Å². The minimum Gasteiger partial charge on any atom is -0.504 e. The maximum absolute atomic E-state index is 12.9. The highest BCUT2D eigenvalue weighted by atomic mass is 19.1. The summed E-state index contributed by atoms with van der Waals surface area (Å²) in [5.74, 6) is 0.190. The Kier molecular flexibility index (Phi) is 4.74. The fraction of sp³-hybridized carbons (Fsp3) is 0.167. The predicted molar refractivity (Wildman–Crippen MR) is 88.6 cm³/mol. The first-order chi connectivity index (χ1) is 12.0. The molecule has 25 heavy (non-hydrogen) atoms. The average molecular weight is 341 g/mol. The summed E-state index contributed by atoms with van der Waals surface area (Å²) in [4.78, 5) is 16.2. The van der Waals surface area contributed by atoms with E-state index in [1.54, 1.807) is 18.2 Å². The van der Waals surface area contributed by atoms with Crippen molar-refractivity contribution in [3.05, 3.63) is 77.0 Å². The second-order valence-corrected chi connectivity index (χ2v) is 5.42. The molecule has 3 aromatic rings. The number of nitrogens with zero attached hydrogens (tertiary/aromatic N) is 2. The van der Waals surface area contributed by atoms with Crippen molar-refractivity contribution in [3.63, 3.8) is 0 Å². The van der Waals surface area contributed by atoms with Crippen molar-refractivity contribution in [3.8, 4) is 0 Å². The van der Waals surface area contributed by atoms with Crippen molar-refractivity contribution in [2.45, 2.75) is 19.8 Å². The van der Waals surface area contributed by atoms with Crippen LogP contribution < -0.4 is 0 Å². The van der Waals surface area contributed by atoms with Gasteiger partial charge in [0, 0.05) is 18.9 Å². The third kappa shape index (κ3) is 4.00. The molecule has 0 spiro atoms. The van der Waals surface area contributed by atoms with E-state index in [1.807, 2.05) is 6.92 Å². The van der Waals surface area contributed by atoms with Crippen LogP contribution in [0.2, 0.25) is 0 Å². The second-order valence-electron chi connectivity index (χ2n) is 5.42. The molecule has 0 atom stereocenters. The minimum atomic E-state index is -0.495. The smallest absolute Gasteiger partial charge is 0.224 e. The van der Waals surface area contributed by atoms with E-state index in [4.69, 9.17) is 4.42 Å². The maximum Gasteiger partial charge on any atom is 0.224 e. The number of aliphatic hydroxyl groups excluding tert-OH is 1. The van der Waals surface area contributed by atoms with Crippen LogP contribution in [0, 0.1) is 5.82 Å². The highest BCUT2D eigenvalue weighted by molar-refractivity contribution is 6.05. The summed E-state index contributed by atoms with van der Waals surface area (Å²) in [5, 5.41) is 16.4.